The summed E-state index contributed by atoms with van der Waals surface area (Å²) in [7, 11) is 0. The third-order valence-corrected chi connectivity index (χ3v) is 3.60. The Morgan fingerprint density at radius 2 is 2.00 bits per heavy atom. The summed E-state index contributed by atoms with van der Waals surface area (Å²) < 4.78 is 5.34. The van der Waals surface area contributed by atoms with Crippen LogP contribution >= 0.6 is 0 Å². The zero-order valence-corrected chi connectivity index (χ0v) is 12.0. The van der Waals surface area contributed by atoms with Gasteiger partial charge in [-0.1, -0.05) is 25.1 Å². The van der Waals surface area contributed by atoms with Gasteiger partial charge in [0.2, 0.25) is 5.69 Å². The van der Waals surface area contributed by atoms with Crippen LogP contribution in [0, 0.1) is 11.3 Å². The van der Waals surface area contributed by atoms with Crippen molar-refractivity contribution in [3.05, 3.63) is 35.5 Å². The van der Waals surface area contributed by atoms with Crippen LogP contribution in [0.3, 0.4) is 0 Å². The molecule has 1 aromatic heterocycles. The number of nitriles is 1. The quantitative estimate of drug-likeness (QED) is 0.854. The molecule has 0 N–H and O–H groups in total. The molecule has 1 aliphatic rings. The summed E-state index contributed by atoms with van der Waals surface area (Å²) in [5.41, 5.74) is 2.45. The van der Waals surface area contributed by atoms with Crippen LogP contribution in [0.5, 0.6) is 0 Å². The molecular formula is C15H17N5O. The second-order valence-corrected chi connectivity index (χ2v) is 4.86. The fraction of sp³-hybridized carbons (Fsp3) is 0.400. The van der Waals surface area contributed by atoms with Gasteiger partial charge < -0.3 is 9.64 Å². The van der Waals surface area contributed by atoms with Crippen LogP contribution in [-0.2, 0) is 11.2 Å². The van der Waals surface area contributed by atoms with E-state index in [1.807, 2.05) is 18.2 Å². The molecule has 21 heavy (non-hydrogen) atoms. The number of rotatable bonds is 3. The van der Waals surface area contributed by atoms with Crippen LogP contribution < -0.4 is 4.90 Å². The Morgan fingerprint density at radius 3 is 2.71 bits per heavy atom. The molecule has 1 aromatic carbocycles. The van der Waals surface area contributed by atoms with Gasteiger partial charge in [0.05, 0.1) is 18.9 Å². The van der Waals surface area contributed by atoms with E-state index in [0.29, 0.717) is 24.7 Å². The lowest BCUT2D eigenvalue weighted by molar-refractivity contribution is 0.122. The molecule has 3 rings (SSSR count). The molecule has 2 heterocycles. The van der Waals surface area contributed by atoms with E-state index in [4.69, 9.17) is 4.74 Å². The van der Waals surface area contributed by atoms with Crippen molar-refractivity contribution in [2.24, 2.45) is 0 Å². The number of benzene rings is 1. The van der Waals surface area contributed by atoms with Gasteiger partial charge in [-0.2, -0.15) is 5.26 Å². The summed E-state index contributed by atoms with van der Waals surface area (Å²) in [6.07, 6.45) is 0.895. The Morgan fingerprint density at radius 1 is 1.24 bits per heavy atom. The topological polar surface area (TPSA) is 67.0 Å². The minimum atomic E-state index is 0.364. The summed E-state index contributed by atoms with van der Waals surface area (Å²) in [6, 6.07) is 10.1. The SMILES string of the molecule is CCc1ccccc1-n1nc(C#N)c(N2CCOCC2)n1. The number of para-hydroxylation sites is 1. The molecular weight excluding hydrogens is 266 g/mol. The highest BCUT2D eigenvalue weighted by molar-refractivity contribution is 5.51. The molecule has 1 aliphatic heterocycles. The summed E-state index contributed by atoms with van der Waals surface area (Å²) in [6.45, 7) is 4.88. The van der Waals surface area contributed by atoms with Crippen molar-refractivity contribution >= 4 is 5.82 Å². The predicted octanol–water partition coefficient (Wildman–Crippen LogP) is 1.54. The van der Waals surface area contributed by atoms with Gasteiger partial charge in [-0.25, -0.2) is 0 Å². The molecule has 0 aliphatic carbocycles. The van der Waals surface area contributed by atoms with E-state index in [-0.39, 0.29) is 0 Å². The van der Waals surface area contributed by atoms with Gasteiger partial charge in [0.15, 0.2) is 5.82 Å². The Kier molecular flexibility index (Phi) is 3.84. The number of hydrogen-bond acceptors (Lipinski definition) is 5. The molecule has 6 heteroatoms. The average Bonchev–Trinajstić information content (AvgIpc) is 2.99. The maximum absolute atomic E-state index is 9.31. The molecule has 0 amide bonds. The monoisotopic (exact) mass is 283 g/mol. The zero-order chi connectivity index (χ0) is 14.7. The van der Waals surface area contributed by atoms with Gasteiger partial charge in [0.25, 0.3) is 0 Å². The van der Waals surface area contributed by atoms with Crippen LogP contribution in [0.4, 0.5) is 5.82 Å². The fourth-order valence-corrected chi connectivity index (χ4v) is 2.47. The Labute approximate surface area is 123 Å². The second kappa shape index (κ2) is 5.94. The van der Waals surface area contributed by atoms with E-state index >= 15 is 0 Å². The Bertz CT molecular complexity index is 667. The molecule has 6 nitrogen and oxygen atoms in total. The second-order valence-electron chi connectivity index (χ2n) is 4.86. The van der Waals surface area contributed by atoms with Crippen molar-refractivity contribution < 1.29 is 4.74 Å². The lowest BCUT2D eigenvalue weighted by Crippen LogP contribution is -2.37. The van der Waals surface area contributed by atoms with Crippen LogP contribution in [0.2, 0.25) is 0 Å². The molecule has 1 saturated heterocycles. The molecule has 108 valence electrons. The van der Waals surface area contributed by atoms with Crippen molar-refractivity contribution in [2.45, 2.75) is 13.3 Å². The van der Waals surface area contributed by atoms with E-state index in [1.165, 1.54) is 0 Å². The minimum Gasteiger partial charge on any atom is -0.378 e. The van der Waals surface area contributed by atoms with Crippen molar-refractivity contribution in [3.8, 4) is 11.8 Å². The smallest absolute Gasteiger partial charge is 0.207 e. The summed E-state index contributed by atoms with van der Waals surface area (Å²) >= 11 is 0. The Hall–Kier alpha value is -2.39. The Balaban J connectivity index is 2.01. The third-order valence-electron chi connectivity index (χ3n) is 3.60. The maximum atomic E-state index is 9.31. The van der Waals surface area contributed by atoms with E-state index in [9.17, 15) is 5.26 Å². The molecule has 0 spiro atoms. The van der Waals surface area contributed by atoms with Gasteiger partial charge in [0.1, 0.15) is 6.07 Å². The predicted molar refractivity (Wildman–Crippen MR) is 78.5 cm³/mol. The van der Waals surface area contributed by atoms with Crippen molar-refractivity contribution in [3.63, 3.8) is 0 Å². The average molecular weight is 283 g/mol. The zero-order valence-electron chi connectivity index (χ0n) is 12.0. The van der Waals surface area contributed by atoms with Crippen LogP contribution in [-0.4, -0.2) is 41.3 Å². The number of nitrogens with zero attached hydrogens (tertiary/aromatic N) is 5. The lowest BCUT2D eigenvalue weighted by atomic mass is 10.1. The summed E-state index contributed by atoms with van der Waals surface area (Å²) in [5.74, 6) is 0.645. The molecule has 2 aromatic rings. The molecule has 1 fully saturated rings. The van der Waals surface area contributed by atoms with E-state index in [2.05, 4.69) is 34.2 Å². The van der Waals surface area contributed by atoms with Gasteiger partial charge >= 0.3 is 0 Å². The number of anilines is 1. The minimum absolute atomic E-state index is 0.364. The van der Waals surface area contributed by atoms with Gasteiger partial charge in [-0.3, -0.25) is 0 Å². The number of aryl methyl sites for hydroxylation is 1. The first kappa shape index (κ1) is 13.6. The first-order chi connectivity index (χ1) is 10.3. The molecule has 0 saturated carbocycles. The summed E-state index contributed by atoms with van der Waals surface area (Å²) in [4.78, 5) is 3.63. The van der Waals surface area contributed by atoms with Gasteiger partial charge in [0, 0.05) is 13.1 Å². The lowest BCUT2D eigenvalue weighted by Gasteiger charge is -2.26. The van der Waals surface area contributed by atoms with Gasteiger partial charge in [-0.15, -0.1) is 15.0 Å². The van der Waals surface area contributed by atoms with Crippen LogP contribution in [0.15, 0.2) is 24.3 Å². The molecule has 0 atom stereocenters. The fourth-order valence-electron chi connectivity index (χ4n) is 2.47. The molecule has 0 bridgehead atoms. The first-order valence-electron chi connectivity index (χ1n) is 7.12. The number of aromatic nitrogens is 3. The summed E-state index contributed by atoms with van der Waals surface area (Å²) in [5, 5.41) is 18.2. The number of hydrogen-bond donors (Lipinski definition) is 0. The highest BCUT2D eigenvalue weighted by atomic mass is 16.5. The maximum Gasteiger partial charge on any atom is 0.207 e. The number of morpholine rings is 1. The van der Waals surface area contributed by atoms with Crippen molar-refractivity contribution in [1.82, 2.24) is 15.0 Å². The first-order valence-corrected chi connectivity index (χ1v) is 7.12. The highest BCUT2D eigenvalue weighted by Gasteiger charge is 2.21. The standard InChI is InChI=1S/C15H17N5O/c1-2-12-5-3-4-6-14(12)20-17-13(11-16)15(18-20)19-7-9-21-10-8-19/h3-6H,2,7-10H2,1H3. The highest BCUT2D eigenvalue weighted by Crippen LogP contribution is 2.20. The van der Waals surface area contributed by atoms with Crippen molar-refractivity contribution in [2.75, 3.05) is 31.2 Å². The normalized spacial score (nSPS) is 15.0. The third kappa shape index (κ3) is 2.60. The molecule has 0 unspecified atom stereocenters. The van der Waals surface area contributed by atoms with Crippen LogP contribution in [0.25, 0.3) is 5.69 Å². The van der Waals surface area contributed by atoms with Crippen LogP contribution in [0.1, 0.15) is 18.2 Å². The van der Waals surface area contributed by atoms with E-state index < -0.39 is 0 Å². The molecule has 0 radical (unpaired) electrons. The van der Waals surface area contributed by atoms with Gasteiger partial charge in [-0.05, 0) is 18.1 Å². The van der Waals surface area contributed by atoms with Crippen molar-refractivity contribution in [1.29, 1.82) is 5.26 Å². The largest absolute Gasteiger partial charge is 0.378 e. The van der Waals surface area contributed by atoms with E-state index in [1.54, 1.807) is 4.80 Å². The number of ether oxygens (including phenoxy) is 1. The van der Waals surface area contributed by atoms with E-state index in [0.717, 1.165) is 30.8 Å².